The van der Waals surface area contributed by atoms with Gasteiger partial charge in [0.15, 0.2) is 0 Å². The summed E-state index contributed by atoms with van der Waals surface area (Å²) in [5.41, 5.74) is 1.36. The molecule has 5 heteroatoms. The number of rotatable bonds is 2. The Bertz CT molecular complexity index is 556. The summed E-state index contributed by atoms with van der Waals surface area (Å²) >= 11 is 0. The van der Waals surface area contributed by atoms with Gasteiger partial charge in [-0.25, -0.2) is 4.79 Å². The first-order chi connectivity index (χ1) is 11.8. The van der Waals surface area contributed by atoms with Crippen molar-refractivity contribution in [3.05, 3.63) is 30.1 Å². The zero-order valence-corrected chi connectivity index (χ0v) is 14.3. The number of hydrogen-bond acceptors (Lipinski definition) is 3. The molecule has 24 heavy (non-hydrogen) atoms. The van der Waals surface area contributed by atoms with Gasteiger partial charge in [0.05, 0.1) is 0 Å². The summed E-state index contributed by atoms with van der Waals surface area (Å²) in [6, 6.07) is 4.73. The maximum atomic E-state index is 12.6. The van der Waals surface area contributed by atoms with E-state index in [4.69, 9.17) is 0 Å². The molecule has 0 bridgehead atoms. The molecule has 1 aromatic rings. The minimum Gasteiger partial charge on any atom is -0.335 e. The van der Waals surface area contributed by atoms with E-state index in [9.17, 15) is 4.79 Å². The first-order valence-electron chi connectivity index (χ1n) is 9.45. The van der Waals surface area contributed by atoms with Gasteiger partial charge in [0.25, 0.3) is 0 Å². The van der Waals surface area contributed by atoms with E-state index >= 15 is 0 Å². The van der Waals surface area contributed by atoms with Crippen LogP contribution in [0.2, 0.25) is 0 Å². The van der Waals surface area contributed by atoms with Gasteiger partial charge in [0.1, 0.15) is 0 Å². The van der Waals surface area contributed by atoms with Crippen molar-refractivity contribution in [2.45, 2.75) is 44.1 Å². The Hall–Kier alpha value is -1.62. The molecule has 3 fully saturated rings. The van der Waals surface area contributed by atoms with Crippen molar-refractivity contribution in [3.8, 4) is 0 Å². The van der Waals surface area contributed by atoms with E-state index < -0.39 is 0 Å². The predicted octanol–water partition coefficient (Wildman–Crippen LogP) is 2.36. The molecule has 0 spiro atoms. The molecule has 0 radical (unpaired) electrons. The molecule has 4 rings (SSSR count). The highest BCUT2D eigenvalue weighted by atomic mass is 16.2. The third-order valence-electron chi connectivity index (χ3n) is 6.24. The quantitative estimate of drug-likeness (QED) is 0.876. The van der Waals surface area contributed by atoms with E-state index in [-0.39, 0.29) is 6.03 Å². The molecule has 3 atom stereocenters. The van der Waals surface area contributed by atoms with Gasteiger partial charge in [-0.3, -0.25) is 4.98 Å². The zero-order valence-electron chi connectivity index (χ0n) is 14.3. The van der Waals surface area contributed by atoms with Crippen molar-refractivity contribution in [2.24, 2.45) is 11.8 Å². The molecule has 2 N–H and O–H groups in total. The molecular weight excluding hydrogens is 300 g/mol. The number of hydrogen-bond donors (Lipinski definition) is 2. The van der Waals surface area contributed by atoms with Crippen LogP contribution < -0.4 is 10.6 Å². The average Bonchev–Trinajstić information content (AvgIpc) is 3.10. The van der Waals surface area contributed by atoms with E-state index in [1.54, 1.807) is 0 Å². The van der Waals surface area contributed by atoms with Crippen molar-refractivity contribution in [1.29, 1.82) is 0 Å². The van der Waals surface area contributed by atoms with Crippen LogP contribution in [0.4, 0.5) is 4.79 Å². The van der Waals surface area contributed by atoms with E-state index in [1.165, 1.54) is 18.5 Å². The molecule has 3 unspecified atom stereocenters. The number of carbonyl (C=O) groups is 1. The van der Waals surface area contributed by atoms with Crippen LogP contribution in [-0.4, -0.2) is 48.1 Å². The fourth-order valence-corrected chi connectivity index (χ4v) is 4.75. The monoisotopic (exact) mass is 328 g/mol. The van der Waals surface area contributed by atoms with Gasteiger partial charge in [0.2, 0.25) is 0 Å². The molecule has 2 saturated heterocycles. The number of likely N-dealkylation sites (tertiary alicyclic amines) is 1. The van der Waals surface area contributed by atoms with Crippen molar-refractivity contribution in [1.82, 2.24) is 20.5 Å². The van der Waals surface area contributed by atoms with Gasteiger partial charge >= 0.3 is 6.03 Å². The molecule has 5 nitrogen and oxygen atoms in total. The Labute approximate surface area is 144 Å². The van der Waals surface area contributed by atoms with E-state index in [2.05, 4.69) is 27.8 Å². The van der Waals surface area contributed by atoms with Crippen molar-refractivity contribution in [3.63, 3.8) is 0 Å². The molecular formula is C19H28N4O. The summed E-state index contributed by atoms with van der Waals surface area (Å²) in [4.78, 5) is 18.7. The van der Waals surface area contributed by atoms with Crippen LogP contribution in [-0.2, 0) is 0 Å². The number of piperidine rings is 1. The molecule has 1 aromatic heterocycles. The molecule has 1 saturated carbocycles. The predicted molar refractivity (Wildman–Crippen MR) is 93.8 cm³/mol. The zero-order chi connectivity index (χ0) is 16.4. The fraction of sp³-hybridized carbons (Fsp3) is 0.684. The highest BCUT2D eigenvalue weighted by Gasteiger charge is 2.35. The molecule has 2 aliphatic heterocycles. The highest BCUT2D eigenvalue weighted by Crippen LogP contribution is 2.33. The second-order valence-electron chi connectivity index (χ2n) is 7.68. The first kappa shape index (κ1) is 15.9. The summed E-state index contributed by atoms with van der Waals surface area (Å²) in [6.07, 6.45) is 9.38. The molecule has 1 aliphatic carbocycles. The third-order valence-corrected chi connectivity index (χ3v) is 6.24. The number of aromatic nitrogens is 1. The Morgan fingerprint density at radius 3 is 2.62 bits per heavy atom. The van der Waals surface area contributed by atoms with E-state index in [1.807, 2.05) is 17.3 Å². The van der Waals surface area contributed by atoms with Crippen molar-refractivity contribution >= 4 is 6.03 Å². The van der Waals surface area contributed by atoms with Crippen LogP contribution in [0.1, 0.15) is 43.6 Å². The SMILES string of the molecule is O=C(NC1CCC2CNCC2C1)N1CCC(c2ccncc2)CC1. The standard InChI is InChI=1S/C19H28N4O/c24-19(22-18-2-1-16-12-21-13-17(16)11-18)23-9-5-15(6-10-23)14-3-7-20-8-4-14/h3-4,7-8,15-18,21H,1-2,5-6,9-13H2,(H,22,24). The minimum atomic E-state index is 0.151. The summed E-state index contributed by atoms with van der Waals surface area (Å²) in [7, 11) is 0. The lowest BCUT2D eigenvalue weighted by Gasteiger charge is -2.36. The van der Waals surface area contributed by atoms with Crippen LogP contribution in [0.25, 0.3) is 0 Å². The third kappa shape index (κ3) is 3.41. The molecule has 3 heterocycles. The van der Waals surface area contributed by atoms with Crippen LogP contribution in [0.5, 0.6) is 0 Å². The van der Waals surface area contributed by atoms with E-state index in [0.29, 0.717) is 12.0 Å². The second kappa shape index (κ2) is 7.09. The van der Waals surface area contributed by atoms with Gasteiger partial charge in [-0.2, -0.15) is 0 Å². The smallest absolute Gasteiger partial charge is 0.317 e. The Morgan fingerprint density at radius 2 is 1.83 bits per heavy atom. The number of carbonyl (C=O) groups excluding carboxylic acids is 1. The van der Waals surface area contributed by atoms with Crippen LogP contribution in [0, 0.1) is 11.8 Å². The number of pyridine rings is 1. The number of amides is 2. The minimum absolute atomic E-state index is 0.151. The largest absolute Gasteiger partial charge is 0.335 e. The van der Waals surface area contributed by atoms with Crippen LogP contribution in [0.15, 0.2) is 24.5 Å². The first-order valence-corrected chi connectivity index (χ1v) is 9.45. The van der Waals surface area contributed by atoms with Crippen molar-refractivity contribution < 1.29 is 4.79 Å². The van der Waals surface area contributed by atoms with Crippen molar-refractivity contribution in [2.75, 3.05) is 26.2 Å². The van der Waals surface area contributed by atoms with Gasteiger partial charge < -0.3 is 15.5 Å². The summed E-state index contributed by atoms with van der Waals surface area (Å²) in [5.74, 6) is 2.17. The van der Waals surface area contributed by atoms with Gasteiger partial charge in [-0.15, -0.1) is 0 Å². The topological polar surface area (TPSA) is 57.3 Å². The normalized spacial score (nSPS) is 30.8. The number of nitrogens with one attached hydrogen (secondary N) is 2. The van der Waals surface area contributed by atoms with Crippen LogP contribution >= 0.6 is 0 Å². The maximum absolute atomic E-state index is 12.6. The van der Waals surface area contributed by atoms with Gasteiger partial charge in [0, 0.05) is 31.5 Å². The molecule has 130 valence electrons. The number of nitrogens with zero attached hydrogens (tertiary/aromatic N) is 2. The highest BCUT2D eigenvalue weighted by molar-refractivity contribution is 5.74. The number of urea groups is 1. The average molecular weight is 328 g/mol. The summed E-state index contributed by atoms with van der Waals surface area (Å²) < 4.78 is 0. The lowest BCUT2D eigenvalue weighted by Crippen LogP contribution is -2.49. The van der Waals surface area contributed by atoms with Gasteiger partial charge in [-0.05, 0) is 80.6 Å². The Morgan fingerprint density at radius 1 is 1.08 bits per heavy atom. The lowest BCUT2D eigenvalue weighted by atomic mass is 9.79. The molecule has 0 aromatic carbocycles. The molecule has 3 aliphatic rings. The molecule has 2 amide bonds. The van der Waals surface area contributed by atoms with E-state index in [0.717, 1.165) is 57.2 Å². The van der Waals surface area contributed by atoms with Crippen LogP contribution in [0.3, 0.4) is 0 Å². The summed E-state index contributed by atoms with van der Waals surface area (Å²) in [5, 5.41) is 6.80. The lowest BCUT2D eigenvalue weighted by molar-refractivity contribution is 0.167. The summed E-state index contributed by atoms with van der Waals surface area (Å²) in [6.45, 7) is 4.03. The maximum Gasteiger partial charge on any atom is 0.317 e. The fourth-order valence-electron chi connectivity index (χ4n) is 4.75. The number of fused-ring (bicyclic) bond motifs is 1. The van der Waals surface area contributed by atoms with Gasteiger partial charge in [-0.1, -0.05) is 0 Å². The second-order valence-corrected chi connectivity index (χ2v) is 7.68. The Balaban J connectivity index is 1.26. The Kier molecular flexibility index (Phi) is 4.69.